The largest absolute Gasteiger partial charge is 0.475 e. The van der Waals surface area contributed by atoms with Crippen molar-refractivity contribution in [1.82, 2.24) is 9.71 Å². The van der Waals surface area contributed by atoms with Crippen molar-refractivity contribution < 1.29 is 22.7 Å². The normalized spacial score (nSPS) is 18.8. The van der Waals surface area contributed by atoms with Crippen LogP contribution in [-0.2, 0) is 32.6 Å². The van der Waals surface area contributed by atoms with E-state index in [-0.39, 0.29) is 23.9 Å². The summed E-state index contributed by atoms with van der Waals surface area (Å²) in [6.07, 6.45) is 3.52. The van der Waals surface area contributed by atoms with Gasteiger partial charge in [0.05, 0.1) is 18.6 Å². The molecule has 0 unspecified atom stereocenters. The first-order chi connectivity index (χ1) is 16.5. The van der Waals surface area contributed by atoms with Crippen LogP contribution in [0.2, 0.25) is 0 Å². The number of allylic oxidation sites excluding steroid dienone is 1. The Balaban J connectivity index is 2.25. The Labute approximate surface area is 206 Å². The molecule has 1 aliphatic rings. The quantitative estimate of drug-likeness (QED) is 0.662. The lowest BCUT2D eigenvalue weighted by atomic mass is 9.86. The molecule has 0 saturated heterocycles. The van der Waals surface area contributed by atoms with Gasteiger partial charge in [-0.3, -0.25) is 9.79 Å². The number of aromatic nitrogens is 1. The van der Waals surface area contributed by atoms with E-state index in [2.05, 4.69) is 14.7 Å². The summed E-state index contributed by atoms with van der Waals surface area (Å²) in [6.45, 7) is 8.13. The molecule has 0 atom stereocenters. The van der Waals surface area contributed by atoms with Crippen LogP contribution in [-0.4, -0.2) is 44.8 Å². The molecule has 0 radical (unpaired) electrons. The molecule has 0 saturated carbocycles. The molecule has 0 spiro atoms. The minimum Gasteiger partial charge on any atom is -0.475 e. The van der Waals surface area contributed by atoms with E-state index >= 15 is 0 Å². The molecule has 0 fully saturated rings. The summed E-state index contributed by atoms with van der Waals surface area (Å²) in [5.74, 6) is -0.224. The smallest absolute Gasteiger partial charge is 0.267 e. The lowest BCUT2D eigenvalue weighted by Crippen LogP contribution is -2.34. The highest BCUT2D eigenvalue weighted by Gasteiger charge is 2.25. The number of pyridine rings is 1. The maximum atomic E-state index is 13.0. The third-order valence-corrected chi connectivity index (χ3v) is 6.86. The monoisotopic (exact) mass is 500 g/mol. The lowest BCUT2D eigenvalue weighted by molar-refractivity contribution is -0.118. The number of nitrogens with one attached hydrogen (secondary N) is 1. The van der Waals surface area contributed by atoms with Crippen LogP contribution in [0.25, 0.3) is 11.1 Å². The summed E-state index contributed by atoms with van der Waals surface area (Å²) < 4.78 is 39.2. The second kappa shape index (κ2) is 10.6. The lowest BCUT2D eigenvalue weighted by Gasteiger charge is -2.21. The summed E-state index contributed by atoms with van der Waals surface area (Å²) in [5.41, 5.74) is 8.91. The summed E-state index contributed by atoms with van der Waals surface area (Å²) in [6, 6.07) is 7.57. The molecule has 2 heterocycles. The number of sulfonamides is 1. The molecule has 10 heteroatoms. The van der Waals surface area contributed by atoms with Crippen molar-refractivity contribution in [3.05, 3.63) is 58.3 Å². The summed E-state index contributed by atoms with van der Waals surface area (Å²) >= 11 is 0. The van der Waals surface area contributed by atoms with Gasteiger partial charge in [-0.15, -0.1) is 0 Å². The van der Waals surface area contributed by atoms with Gasteiger partial charge in [-0.2, -0.15) is 0 Å². The van der Waals surface area contributed by atoms with Crippen LogP contribution < -0.4 is 15.2 Å². The number of carbonyl (C=O) groups is 1. The summed E-state index contributed by atoms with van der Waals surface area (Å²) in [5, 5.41) is 0. The van der Waals surface area contributed by atoms with Gasteiger partial charge in [0, 0.05) is 31.8 Å². The summed E-state index contributed by atoms with van der Waals surface area (Å²) in [4.78, 5) is 21.4. The molecule has 1 aromatic heterocycles. The predicted octanol–water partition coefficient (Wildman–Crippen LogP) is 3.05. The molecule has 2 aromatic rings. The van der Waals surface area contributed by atoms with Crippen LogP contribution >= 0.6 is 0 Å². The van der Waals surface area contributed by atoms with Crippen molar-refractivity contribution in [3.63, 3.8) is 0 Å². The average Bonchev–Trinajstić information content (AvgIpc) is 2.78. The van der Waals surface area contributed by atoms with Gasteiger partial charge in [-0.1, -0.05) is 19.9 Å². The van der Waals surface area contributed by atoms with Crippen molar-refractivity contribution in [2.75, 3.05) is 13.7 Å². The van der Waals surface area contributed by atoms with E-state index in [4.69, 9.17) is 15.2 Å². The molecule has 3 rings (SSSR count). The Hall–Kier alpha value is -3.24. The number of benzene rings is 1. The van der Waals surface area contributed by atoms with Crippen LogP contribution in [0.3, 0.4) is 0 Å². The minimum absolute atomic E-state index is 0.0667. The van der Waals surface area contributed by atoms with Crippen molar-refractivity contribution >= 4 is 22.1 Å². The third kappa shape index (κ3) is 6.46. The van der Waals surface area contributed by atoms with Gasteiger partial charge in [0.1, 0.15) is 11.5 Å². The van der Waals surface area contributed by atoms with Gasteiger partial charge in [0.2, 0.25) is 11.8 Å². The van der Waals surface area contributed by atoms with Crippen LogP contribution in [0.5, 0.6) is 5.88 Å². The zero-order valence-electron chi connectivity index (χ0n) is 20.7. The van der Waals surface area contributed by atoms with Crippen LogP contribution in [0.4, 0.5) is 0 Å². The maximum Gasteiger partial charge on any atom is 0.267 e. The fourth-order valence-corrected chi connectivity index (χ4v) is 4.63. The van der Waals surface area contributed by atoms with Crippen LogP contribution in [0.1, 0.15) is 50.3 Å². The van der Waals surface area contributed by atoms with E-state index in [9.17, 15) is 13.2 Å². The van der Waals surface area contributed by atoms with E-state index in [1.807, 2.05) is 32.0 Å². The first kappa shape index (κ1) is 26.4. The minimum atomic E-state index is -4.23. The number of fused-ring (bicyclic) bond motifs is 4. The van der Waals surface area contributed by atoms with E-state index in [1.165, 1.54) is 0 Å². The van der Waals surface area contributed by atoms with Crippen molar-refractivity contribution in [1.29, 1.82) is 0 Å². The Morgan fingerprint density at radius 1 is 1.29 bits per heavy atom. The Kier molecular flexibility index (Phi) is 7.97. The molecule has 35 heavy (non-hydrogen) atoms. The fraction of sp³-hybridized carbons (Fsp3) is 0.400. The molecular formula is C25H32N4O5S. The number of ether oxygens (including phenoxy) is 2. The molecule has 3 N–H and O–H groups in total. The second-order valence-electron chi connectivity index (χ2n) is 9.32. The zero-order chi connectivity index (χ0) is 25.8. The number of aliphatic imine (C=N–C) groups is 1. The number of nitrogens with two attached hydrogens (primary N) is 1. The molecule has 1 aliphatic heterocycles. The number of amides is 1. The second-order valence-corrected chi connectivity index (χ2v) is 11.0. The molecule has 1 aromatic carbocycles. The van der Waals surface area contributed by atoms with Gasteiger partial charge in [0.25, 0.3) is 10.0 Å². The number of nitrogens with zero attached hydrogens (tertiary/aromatic N) is 2. The molecule has 2 bridgehead atoms. The molecule has 1 amide bonds. The van der Waals surface area contributed by atoms with E-state index in [1.54, 1.807) is 33.2 Å². The van der Waals surface area contributed by atoms with Gasteiger partial charge in [-0.05, 0) is 59.7 Å². The highest BCUT2D eigenvalue weighted by Crippen LogP contribution is 2.34. The highest BCUT2D eigenvalue weighted by molar-refractivity contribution is 7.94. The van der Waals surface area contributed by atoms with Gasteiger partial charge in [0.15, 0.2) is 0 Å². The topological polar surface area (TPSA) is 133 Å². The van der Waals surface area contributed by atoms with Gasteiger partial charge in [-0.25, -0.2) is 18.1 Å². The maximum absolute atomic E-state index is 13.0. The third-order valence-electron chi connectivity index (χ3n) is 5.50. The van der Waals surface area contributed by atoms with E-state index < -0.39 is 21.5 Å². The van der Waals surface area contributed by atoms with E-state index in [0.29, 0.717) is 18.1 Å². The number of rotatable bonds is 3. The Bertz CT molecular complexity index is 1270. The molecule has 0 aliphatic carbocycles. The Morgan fingerprint density at radius 2 is 2.03 bits per heavy atom. The van der Waals surface area contributed by atoms with E-state index in [0.717, 1.165) is 34.7 Å². The SMILES string of the molecule is COCc1cc2c(c(C(C)C)c1)CC(=O)NS(=O)(=O)C(=CN)C=NC(C)(C)COc1cc-2ccn1. The van der Waals surface area contributed by atoms with Crippen molar-refractivity contribution in [2.24, 2.45) is 10.7 Å². The van der Waals surface area contributed by atoms with Crippen molar-refractivity contribution in [2.45, 2.75) is 52.2 Å². The predicted molar refractivity (Wildman–Crippen MR) is 136 cm³/mol. The van der Waals surface area contributed by atoms with Gasteiger partial charge >= 0.3 is 0 Å². The number of methoxy groups -OCH3 is 1. The fourth-order valence-electron chi connectivity index (χ4n) is 3.77. The molecule has 188 valence electrons. The van der Waals surface area contributed by atoms with Crippen LogP contribution in [0, 0.1) is 0 Å². The molecular weight excluding hydrogens is 468 g/mol. The first-order valence-corrected chi connectivity index (χ1v) is 12.7. The Morgan fingerprint density at radius 3 is 2.69 bits per heavy atom. The number of hydrogen-bond acceptors (Lipinski definition) is 8. The average molecular weight is 501 g/mol. The first-order valence-electron chi connectivity index (χ1n) is 11.2. The van der Waals surface area contributed by atoms with Crippen molar-refractivity contribution in [3.8, 4) is 17.0 Å². The number of carbonyl (C=O) groups excluding carboxylic acids is 1. The van der Waals surface area contributed by atoms with Crippen LogP contribution in [0.15, 0.2) is 46.6 Å². The zero-order valence-corrected chi connectivity index (χ0v) is 21.5. The highest BCUT2D eigenvalue weighted by atomic mass is 32.2. The molecule has 9 nitrogen and oxygen atoms in total. The number of hydrogen-bond donors (Lipinski definition) is 2. The standard InChI is InChI=1S/C25H32N4O5S/c1-16(2)20-8-17(14-33-5)9-21-18-6-7-27-24(10-18)34-15-25(3,4)28-13-19(12-26)35(31,32)29-23(30)11-22(20)21/h6-10,12-13,16H,11,14-15,26H2,1-5H3,(H,29,30). The van der Waals surface area contributed by atoms with Gasteiger partial charge < -0.3 is 15.2 Å². The summed E-state index contributed by atoms with van der Waals surface area (Å²) in [7, 11) is -2.61.